The highest BCUT2D eigenvalue weighted by molar-refractivity contribution is 6.00. The minimum Gasteiger partial charge on any atom is -0.465 e. The van der Waals surface area contributed by atoms with Crippen molar-refractivity contribution >= 4 is 11.9 Å². The number of methoxy groups -OCH3 is 1. The van der Waals surface area contributed by atoms with Crippen LogP contribution in [-0.4, -0.2) is 24.0 Å². The molecule has 5 nitrogen and oxygen atoms in total. The molecule has 0 saturated heterocycles. The third-order valence-electron chi connectivity index (χ3n) is 4.59. The summed E-state index contributed by atoms with van der Waals surface area (Å²) in [6, 6.07) is 10.0. The number of hydrogen-bond acceptors (Lipinski definition) is 3. The van der Waals surface area contributed by atoms with E-state index in [2.05, 4.69) is 10.3 Å². The summed E-state index contributed by atoms with van der Waals surface area (Å²) in [4.78, 5) is 27.7. The molecule has 0 radical (unpaired) electrons. The summed E-state index contributed by atoms with van der Waals surface area (Å²) in [5.41, 5.74) is 3.24. The highest BCUT2D eigenvalue weighted by atomic mass is 16.5. The summed E-state index contributed by atoms with van der Waals surface area (Å²) in [6.07, 6.45) is 2.24. The molecule has 2 aromatic rings. The molecule has 1 heterocycles. The number of carbonyl (C=O) groups excluding carboxylic acids is 2. The molecule has 1 atom stereocenters. The van der Waals surface area contributed by atoms with Gasteiger partial charge in [0.2, 0.25) is 0 Å². The van der Waals surface area contributed by atoms with Gasteiger partial charge in [0.05, 0.1) is 18.7 Å². The van der Waals surface area contributed by atoms with E-state index >= 15 is 0 Å². The van der Waals surface area contributed by atoms with Crippen LogP contribution in [0.4, 0.5) is 0 Å². The van der Waals surface area contributed by atoms with Crippen molar-refractivity contribution in [3.8, 4) is 0 Å². The first-order chi connectivity index (χ1) is 11.5. The topological polar surface area (TPSA) is 71.2 Å². The Hall–Kier alpha value is -2.56. The van der Waals surface area contributed by atoms with Gasteiger partial charge in [-0.15, -0.1) is 0 Å². The molecule has 1 aliphatic rings. The lowest BCUT2D eigenvalue weighted by Gasteiger charge is -2.18. The Balaban J connectivity index is 1.85. The first-order valence-electron chi connectivity index (χ1n) is 8.16. The van der Waals surface area contributed by atoms with Crippen LogP contribution in [0.5, 0.6) is 0 Å². The number of benzene rings is 1. The SMILES string of the molecule is COC(=O)c1c(C)[nH]c(C(=O)N[C@@H](c2ccccc2)C2CC2)c1C. The van der Waals surface area contributed by atoms with Crippen LogP contribution in [-0.2, 0) is 4.74 Å². The minimum atomic E-state index is -0.429. The van der Waals surface area contributed by atoms with E-state index in [9.17, 15) is 9.59 Å². The lowest BCUT2D eigenvalue weighted by molar-refractivity contribution is 0.0599. The van der Waals surface area contributed by atoms with Gasteiger partial charge in [0.15, 0.2) is 0 Å². The van der Waals surface area contributed by atoms with Crippen molar-refractivity contribution in [3.05, 3.63) is 58.4 Å². The second kappa shape index (κ2) is 6.51. The molecule has 0 spiro atoms. The van der Waals surface area contributed by atoms with E-state index in [1.807, 2.05) is 30.3 Å². The molecule has 24 heavy (non-hydrogen) atoms. The molecule has 126 valence electrons. The number of aromatic nitrogens is 1. The predicted molar refractivity (Wildman–Crippen MR) is 91.0 cm³/mol. The Bertz CT molecular complexity index is 760. The van der Waals surface area contributed by atoms with Gasteiger partial charge in [0.1, 0.15) is 5.69 Å². The monoisotopic (exact) mass is 326 g/mol. The normalized spacial score (nSPS) is 15.0. The van der Waals surface area contributed by atoms with Gasteiger partial charge < -0.3 is 15.0 Å². The van der Waals surface area contributed by atoms with E-state index in [4.69, 9.17) is 4.74 Å². The number of aromatic amines is 1. The lowest BCUT2D eigenvalue weighted by atomic mass is 10.0. The van der Waals surface area contributed by atoms with E-state index in [1.54, 1.807) is 13.8 Å². The van der Waals surface area contributed by atoms with Gasteiger partial charge in [-0.2, -0.15) is 0 Å². The number of ether oxygens (including phenoxy) is 1. The minimum absolute atomic E-state index is 0.00304. The quantitative estimate of drug-likeness (QED) is 0.828. The Kier molecular flexibility index (Phi) is 4.42. The van der Waals surface area contributed by atoms with E-state index in [1.165, 1.54) is 7.11 Å². The smallest absolute Gasteiger partial charge is 0.339 e. The predicted octanol–water partition coefficient (Wildman–Crippen LogP) is 3.30. The Morgan fingerprint density at radius 1 is 1.21 bits per heavy atom. The van der Waals surface area contributed by atoms with Crippen molar-refractivity contribution in [3.63, 3.8) is 0 Å². The fraction of sp³-hybridized carbons (Fsp3) is 0.368. The number of H-pyrrole nitrogens is 1. The van der Waals surface area contributed by atoms with Crippen molar-refractivity contribution in [1.29, 1.82) is 0 Å². The van der Waals surface area contributed by atoms with Crippen LogP contribution >= 0.6 is 0 Å². The summed E-state index contributed by atoms with van der Waals surface area (Å²) < 4.78 is 4.80. The van der Waals surface area contributed by atoms with Crippen LogP contribution in [0.3, 0.4) is 0 Å². The molecule has 1 amide bonds. The number of nitrogens with one attached hydrogen (secondary N) is 2. The molecule has 0 unspecified atom stereocenters. The fourth-order valence-electron chi connectivity index (χ4n) is 3.16. The number of amides is 1. The van der Waals surface area contributed by atoms with Crippen LogP contribution in [0, 0.1) is 19.8 Å². The zero-order valence-corrected chi connectivity index (χ0v) is 14.2. The van der Waals surface area contributed by atoms with Crippen molar-refractivity contribution in [1.82, 2.24) is 10.3 Å². The zero-order chi connectivity index (χ0) is 17.3. The van der Waals surface area contributed by atoms with E-state index < -0.39 is 5.97 Å². The molecular formula is C19H22N2O3. The van der Waals surface area contributed by atoms with E-state index in [0.717, 1.165) is 18.4 Å². The zero-order valence-electron chi connectivity index (χ0n) is 14.2. The largest absolute Gasteiger partial charge is 0.465 e. The van der Waals surface area contributed by atoms with Crippen LogP contribution in [0.1, 0.15) is 56.6 Å². The number of aryl methyl sites for hydroxylation is 1. The van der Waals surface area contributed by atoms with Crippen molar-refractivity contribution in [2.24, 2.45) is 5.92 Å². The van der Waals surface area contributed by atoms with Gasteiger partial charge in [-0.25, -0.2) is 4.79 Å². The molecule has 1 aromatic carbocycles. The van der Waals surface area contributed by atoms with E-state index in [0.29, 0.717) is 28.4 Å². The second-order valence-corrected chi connectivity index (χ2v) is 6.32. The van der Waals surface area contributed by atoms with Crippen molar-refractivity contribution in [2.75, 3.05) is 7.11 Å². The summed E-state index contributed by atoms with van der Waals surface area (Å²) in [6.45, 7) is 3.53. The molecule has 0 aliphatic heterocycles. The van der Waals surface area contributed by atoms with Crippen molar-refractivity contribution < 1.29 is 14.3 Å². The van der Waals surface area contributed by atoms with Crippen LogP contribution in [0.2, 0.25) is 0 Å². The van der Waals surface area contributed by atoms with Gasteiger partial charge in [0.25, 0.3) is 5.91 Å². The fourth-order valence-corrected chi connectivity index (χ4v) is 3.16. The van der Waals surface area contributed by atoms with Gasteiger partial charge in [-0.3, -0.25) is 4.79 Å². The van der Waals surface area contributed by atoms with Gasteiger partial charge in [-0.05, 0) is 43.7 Å². The lowest BCUT2D eigenvalue weighted by Crippen LogP contribution is -2.30. The molecule has 2 N–H and O–H groups in total. The highest BCUT2D eigenvalue weighted by Gasteiger charge is 2.34. The Morgan fingerprint density at radius 2 is 1.88 bits per heavy atom. The van der Waals surface area contributed by atoms with Crippen molar-refractivity contribution in [2.45, 2.75) is 32.7 Å². The number of hydrogen-bond donors (Lipinski definition) is 2. The Labute approximate surface area is 141 Å². The molecule has 1 aliphatic carbocycles. The van der Waals surface area contributed by atoms with E-state index in [-0.39, 0.29) is 11.9 Å². The number of rotatable bonds is 5. The third kappa shape index (κ3) is 3.07. The molecule has 3 rings (SSSR count). The summed E-state index contributed by atoms with van der Waals surface area (Å²) in [5, 5.41) is 3.13. The molecule has 1 aromatic heterocycles. The summed E-state index contributed by atoms with van der Waals surface area (Å²) >= 11 is 0. The molecule has 1 fully saturated rings. The second-order valence-electron chi connectivity index (χ2n) is 6.32. The summed E-state index contributed by atoms with van der Waals surface area (Å²) in [7, 11) is 1.34. The maximum atomic E-state index is 12.8. The standard InChI is InChI=1S/C19H22N2O3/c1-11-15(19(23)24-3)12(2)20-16(11)18(22)21-17(14-9-10-14)13-7-5-4-6-8-13/h4-8,14,17,20H,9-10H2,1-3H3,(H,21,22)/t17-/m0/s1. The van der Waals surface area contributed by atoms with Gasteiger partial charge in [-0.1, -0.05) is 30.3 Å². The highest BCUT2D eigenvalue weighted by Crippen LogP contribution is 2.41. The molecule has 0 bridgehead atoms. The van der Waals surface area contributed by atoms with Gasteiger partial charge >= 0.3 is 5.97 Å². The van der Waals surface area contributed by atoms with Gasteiger partial charge in [0, 0.05) is 5.69 Å². The van der Waals surface area contributed by atoms with Crippen LogP contribution in [0.15, 0.2) is 30.3 Å². The summed E-state index contributed by atoms with van der Waals surface area (Å²) in [5.74, 6) is -0.138. The molecule has 1 saturated carbocycles. The molecular weight excluding hydrogens is 304 g/mol. The average molecular weight is 326 g/mol. The molecule has 5 heteroatoms. The maximum absolute atomic E-state index is 12.8. The maximum Gasteiger partial charge on any atom is 0.339 e. The number of esters is 1. The Morgan fingerprint density at radius 3 is 2.46 bits per heavy atom. The van der Waals surface area contributed by atoms with Crippen LogP contribution < -0.4 is 5.32 Å². The number of carbonyl (C=O) groups is 2. The average Bonchev–Trinajstić information content (AvgIpc) is 3.38. The van der Waals surface area contributed by atoms with Crippen LogP contribution in [0.25, 0.3) is 0 Å². The third-order valence-corrected chi connectivity index (χ3v) is 4.59. The first kappa shape index (κ1) is 16.3. The first-order valence-corrected chi connectivity index (χ1v) is 8.16.